The molecule has 1 aromatic heterocycles. The van der Waals surface area contributed by atoms with E-state index >= 15 is 0 Å². The summed E-state index contributed by atoms with van der Waals surface area (Å²) in [6, 6.07) is 14.7. The van der Waals surface area contributed by atoms with E-state index in [0.717, 1.165) is 11.3 Å². The van der Waals surface area contributed by atoms with Crippen molar-refractivity contribution in [1.82, 2.24) is 20.3 Å². The van der Waals surface area contributed by atoms with Gasteiger partial charge in [-0.1, -0.05) is 18.2 Å². The lowest BCUT2D eigenvalue weighted by molar-refractivity contribution is 0.0511. The van der Waals surface area contributed by atoms with Crippen LogP contribution in [0.4, 0.5) is 23.5 Å². The van der Waals surface area contributed by atoms with Crippen molar-refractivity contribution in [3.63, 3.8) is 0 Å². The molecule has 12 nitrogen and oxygen atoms in total. The van der Waals surface area contributed by atoms with Gasteiger partial charge in [-0.25, -0.2) is 0 Å². The summed E-state index contributed by atoms with van der Waals surface area (Å²) in [6.45, 7) is 7.45. The van der Waals surface area contributed by atoms with Crippen LogP contribution in [0, 0.1) is 0 Å². The van der Waals surface area contributed by atoms with Crippen molar-refractivity contribution in [1.29, 1.82) is 0 Å². The summed E-state index contributed by atoms with van der Waals surface area (Å²) in [5.74, 6) is 1.75. The number of hydrogen-bond donors (Lipinski definition) is 5. The second kappa shape index (κ2) is 16.6. The number of anilines is 4. The molecular weight excluding hydrogens is 500 g/mol. The van der Waals surface area contributed by atoms with Crippen LogP contribution in [0.25, 0.3) is 0 Å². The molecule has 3 rings (SSSR count). The summed E-state index contributed by atoms with van der Waals surface area (Å²) in [6.07, 6.45) is 1.72. The molecule has 2 aromatic carbocycles. The molecule has 208 valence electrons. The highest BCUT2D eigenvalue weighted by Crippen LogP contribution is 2.18. The lowest BCUT2D eigenvalue weighted by Crippen LogP contribution is -2.27. The third-order valence-corrected chi connectivity index (χ3v) is 5.22. The van der Waals surface area contributed by atoms with Crippen LogP contribution in [-0.2, 0) is 16.0 Å². The Balaban J connectivity index is 1.54. The van der Waals surface area contributed by atoms with Gasteiger partial charge in [0.25, 0.3) is 5.91 Å². The largest absolute Gasteiger partial charge is 0.497 e. The Kier molecular flexibility index (Phi) is 12.4. The summed E-state index contributed by atoms with van der Waals surface area (Å²) >= 11 is 0. The van der Waals surface area contributed by atoms with Gasteiger partial charge in [0.05, 0.1) is 33.5 Å². The van der Waals surface area contributed by atoms with Gasteiger partial charge in [0.2, 0.25) is 17.8 Å². The maximum atomic E-state index is 12.4. The summed E-state index contributed by atoms with van der Waals surface area (Å²) in [5.41, 5.74) is 7.64. The van der Waals surface area contributed by atoms with Crippen molar-refractivity contribution in [3.8, 4) is 5.75 Å². The van der Waals surface area contributed by atoms with E-state index in [4.69, 9.17) is 19.9 Å². The van der Waals surface area contributed by atoms with Gasteiger partial charge in [-0.2, -0.15) is 15.0 Å². The average molecular weight is 537 g/mol. The smallest absolute Gasteiger partial charge is 0.251 e. The average Bonchev–Trinajstić information content (AvgIpc) is 2.97. The number of nitrogens with two attached hydrogens (primary N) is 1. The van der Waals surface area contributed by atoms with Crippen LogP contribution in [0.2, 0.25) is 0 Å². The lowest BCUT2D eigenvalue weighted by atomic mass is 10.2. The molecule has 1 amide bonds. The molecule has 0 aliphatic rings. The minimum Gasteiger partial charge on any atom is -0.497 e. The van der Waals surface area contributed by atoms with E-state index in [1.54, 1.807) is 37.5 Å². The SMILES string of the molecule is C=CCNc1nc(NCc2ccc(OC)cc2)nc(Nc2ccc(C(=O)NCCOCCOCCN)cc2)n1. The number of nitrogens with zero attached hydrogens (tertiary/aromatic N) is 3. The number of methoxy groups -OCH3 is 1. The molecular formula is C27H36N8O4. The molecule has 6 N–H and O–H groups in total. The summed E-state index contributed by atoms with van der Waals surface area (Å²) in [4.78, 5) is 25.7. The molecule has 0 aliphatic heterocycles. The van der Waals surface area contributed by atoms with E-state index in [1.807, 2.05) is 24.3 Å². The number of ether oxygens (including phenoxy) is 3. The fourth-order valence-corrected chi connectivity index (χ4v) is 3.26. The quantitative estimate of drug-likeness (QED) is 0.120. The van der Waals surface area contributed by atoms with Crippen molar-refractivity contribution in [3.05, 3.63) is 72.3 Å². The molecule has 3 aromatic rings. The van der Waals surface area contributed by atoms with E-state index < -0.39 is 0 Å². The Labute approximate surface area is 228 Å². The predicted octanol–water partition coefficient (Wildman–Crippen LogP) is 2.56. The van der Waals surface area contributed by atoms with Gasteiger partial charge >= 0.3 is 0 Å². The van der Waals surface area contributed by atoms with Crippen molar-refractivity contribution in [2.45, 2.75) is 6.54 Å². The van der Waals surface area contributed by atoms with Crippen molar-refractivity contribution in [2.24, 2.45) is 5.73 Å². The minimum absolute atomic E-state index is 0.189. The van der Waals surface area contributed by atoms with Gasteiger partial charge < -0.3 is 41.2 Å². The highest BCUT2D eigenvalue weighted by molar-refractivity contribution is 5.94. The second-order valence-electron chi connectivity index (χ2n) is 8.15. The summed E-state index contributed by atoms with van der Waals surface area (Å²) < 4.78 is 15.9. The number of aromatic nitrogens is 3. The van der Waals surface area contributed by atoms with Crippen LogP contribution in [0.5, 0.6) is 5.75 Å². The molecule has 0 atom stereocenters. The highest BCUT2D eigenvalue weighted by atomic mass is 16.5. The predicted molar refractivity (Wildman–Crippen MR) is 152 cm³/mol. The molecule has 12 heteroatoms. The van der Waals surface area contributed by atoms with Crippen LogP contribution < -0.4 is 31.7 Å². The number of benzene rings is 2. The number of rotatable bonds is 18. The number of carbonyl (C=O) groups excluding carboxylic acids is 1. The molecule has 0 bridgehead atoms. The monoisotopic (exact) mass is 536 g/mol. The van der Waals surface area contributed by atoms with E-state index in [0.29, 0.717) is 81.7 Å². The molecule has 0 saturated heterocycles. The molecule has 39 heavy (non-hydrogen) atoms. The number of hydrogen-bond acceptors (Lipinski definition) is 11. The molecule has 0 radical (unpaired) electrons. The van der Waals surface area contributed by atoms with Gasteiger partial charge in [-0.3, -0.25) is 4.79 Å². The van der Waals surface area contributed by atoms with Gasteiger partial charge in [0.1, 0.15) is 5.75 Å². The highest BCUT2D eigenvalue weighted by Gasteiger charge is 2.09. The first-order valence-corrected chi connectivity index (χ1v) is 12.6. The third kappa shape index (κ3) is 10.6. The van der Waals surface area contributed by atoms with Gasteiger partial charge in [-0.05, 0) is 42.0 Å². The van der Waals surface area contributed by atoms with Crippen molar-refractivity contribution in [2.75, 3.05) is 69.1 Å². The Hall–Kier alpha value is -4.26. The summed E-state index contributed by atoms with van der Waals surface area (Å²) in [7, 11) is 1.63. The topological polar surface area (TPSA) is 158 Å². The Bertz CT molecular complexity index is 1160. The van der Waals surface area contributed by atoms with Crippen LogP contribution in [0.3, 0.4) is 0 Å². The van der Waals surface area contributed by atoms with Crippen LogP contribution in [0.15, 0.2) is 61.2 Å². The fraction of sp³-hybridized carbons (Fsp3) is 0.333. The summed E-state index contributed by atoms with van der Waals surface area (Å²) in [5, 5.41) is 12.3. The first-order valence-electron chi connectivity index (χ1n) is 12.6. The van der Waals surface area contributed by atoms with Gasteiger partial charge in [0, 0.05) is 37.4 Å². The first kappa shape index (κ1) is 29.3. The van der Waals surface area contributed by atoms with Crippen molar-refractivity contribution < 1.29 is 19.0 Å². The fourth-order valence-electron chi connectivity index (χ4n) is 3.26. The lowest BCUT2D eigenvalue weighted by Gasteiger charge is -2.11. The second-order valence-corrected chi connectivity index (χ2v) is 8.15. The van der Waals surface area contributed by atoms with Gasteiger partial charge in [0.15, 0.2) is 0 Å². The molecule has 0 saturated carbocycles. The van der Waals surface area contributed by atoms with E-state index in [2.05, 4.69) is 42.8 Å². The number of amides is 1. The van der Waals surface area contributed by atoms with Crippen LogP contribution in [0.1, 0.15) is 15.9 Å². The first-order chi connectivity index (χ1) is 19.1. The zero-order chi connectivity index (χ0) is 27.7. The minimum atomic E-state index is -0.189. The molecule has 0 spiro atoms. The molecule has 0 aliphatic carbocycles. The maximum Gasteiger partial charge on any atom is 0.251 e. The number of carbonyl (C=O) groups is 1. The number of nitrogens with one attached hydrogen (secondary N) is 4. The Morgan fingerprint density at radius 1 is 0.897 bits per heavy atom. The van der Waals surface area contributed by atoms with E-state index in [1.165, 1.54) is 0 Å². The Morgan fingerprint density at radius 3 is 2.23 bits per heavy atom. The third-order valence-electron chi connectivity index (χ3n) is 5.22. The van der Waals surface area contributed by atoms with Crippen molar-refractivity contribution >= 4 is 29.4 Å². The maximum absolute atomic E-state index is 12.4. The Morgan fingerprint density at radius 2 is 1.56 bits per heavy atom. The zero-order valence-electron chi connectivity index (χ0n) is 22.1. The molecule has 1 heterocycles. The van der Waals surface area contributed by atoms with Gasteiger partial charge in [-0.15, -0.1) is 6.58 Å². The van der Waals surface area contributed by atoms with Crippen LogP contribution in [-0.4, -0.2) is 74.0 Å². The van der Waals surface area contributed by atoms with E-state index in [9.17, 15) is 4.79 Å². The normalized spacial score (nSPS) is 10.5. The molecule has 0 fully saturated rings. The zero-order valence-corrected chi connectivity index (χ0v) is 22.1. The molecule has 0 unspecified atom stereocenters. The van der Waals surface area contributed by atoms with Crippen LogP contribution >= 0.6 is 0 Å². The van der Waals surface area contributed by atoms with E-state index in [-0.39, 0.29) is 5.91 Å². The standard InChI is InChI=1S/C27H36N8O4/c1-3-13-30-25-33-26(31-19-20-4-10-23(37-2)11-5-20)35-27(34-25)32-22-8-6-21(7-9-22)24(36)29-14-16-39-18-17-38-15-12-28/h3-11H,1,12-19,28H2,2H3,(H,29,36)(H3,30,31,32,33,34,35).